The normalized spacial score (nSPS) is 29.5. The van der Waals surface area contributed by atoms with E-state index in [1.807, 2.05) is 6.92 Å². The first-order chi connectivity index (χ1) is 11.6. The summed E-state index contributed by atoms with van der Waals surface area (Å²) >= 11 is 0. The Labute approximate surface area is 145 Å². The van der Waals surface area contributed by atoms with E-state index in [4.69, 9.17) is 9.15 Å². The Morgan fingerprint density at radius 3 is 2.50 bits per heavy atom. The predicted octanol–water partition coefficient (Wildman–Crippen LogP) is 1.96. The fourth-order valence-corrected chi connectivity index (χ4v) is 4.50. The molecule has 1 spiro atoms. The number of hydrogen-bond acceptors (Lipinski definition) is 5. The maximum Gasteiger partial charge on any atom is 0.118 e. The van der Waals surface area contributed by atoms with Crippen LogP contribution in [0.25, 0.3) is 0 Å². The van der Waals surface area contributed by atoms with E-state index in [9.17, 15) is 0 Å². The standard InChI is InChI=1S/C19H31N3O2/c1-16-3-4-18(24-16)14-21-7-5-19(6-8-21)13-17(15-23-19)22-11-9-20(2)10-12-22/h3-4,17H,5-15H2,1-2H3. The van der Waals surface area contributed by atoms with Crippen LogP contribution in [-0.2, 0) is 11.3 Å². The molecular weight excluding hydrogens is 302 g/mol. The lowest BCUT2D eigenvalue weighted by Crippen LogP contribution is -2.50. The zero-order valence-electron chi connectivity index (χ0n) is 15.2. The average Bonchev–Trinajstić information content (AvgIpc) is 3.18. The van der Waals surface area contributed by atoms with Crippen molar-refractivity contribution in [2.45, 2.75) is 44.4 Å². The van der Waals surface area contributed by atoms with Crippen LogP contribution in [0, 0.1) is 6.92 Å². The van der Waals surface area contributed by atoms with Crippen LogP contribution in [0.15, 0.2) is 16.5 Å². The van der Waals surface area contributed by atoms with Gasteiger partial charge in [0.1, 0.15) is 11.5 Å². The summed E-state index contributed by atoms with van der Waals surface area (Å²) in [5, 5.41) is 0. The molecule has 0 aromatic carbocycles. The third-order valence-electron chi connectivity index (χ3n) is 6.19. The molecule has 5 nitrogen and oxygen atoms in total. The highest BCUT2D eigenvalue weighted by Crippen LogP contribution is 2.38. The molecule has 1 atom stereocenters. The average molecular weight is 333 g/mol. The maximum atomic E-state index is 6.37. The number of piperidine rings is 1. The zero-order valence-corrected chi connectivity index (χ0v) is 15.2. The SMILES string of the molecule is Cc1ccc(CN2CCC3(CC2)CC(N2CCN(C)CC2)CO3)o1. The van der Waals surface area contributed by atoms with Crippen LogP contribution in [-0.4, -0.2) is 79.3 Å². The first-order valence-corrected chi connectivity index (χ1v) is 9.46. The van der Waals surface area contributed by atoms with Gasteiger partial charge in [0.05, 0.1) is 18.8 Å². The number of likely N-dealkylation sites (N-methyl/N-ethyl adjacent to an activating group) is 1. The minimum Gasteiger partial charge on any atom is -0.465 e. The van der Waals surface area contributed by atoms with Gasteiger partial charge in [-0.3, -0.25) is 9.80 Å². The molecule has 0 saturated carbocycles. The molecule has 0 amide bonds. The summed E-state index contributed by atoms with van der Waals surface area (Å²) in [6.07, 6.45) is 3.55. The summed E-state index contributed by atoms with van der Waals surface area (Å²) in [5.41, 5.74) is 0.142. The minimum absolute atomic E-state index is 0.142. The van der Waals surface area contributed by atoms with E-state index in [0.29, 0.717) is 6.04 Å². The first-order valence-electron chi connectivity index (χ1n) is 9.46. The van der Waals surface area contributed by atoms with Crippen molar-refractivity contribution in [1.82, 2.24) is 14.7 Å². The zero-order chi connectivity index (χ0) is 16.6. The van der Waals surface area contributed by atoms with E-state index in [1.165, 1.54) is 32.6 Å². The molecular formula is C19H31N3O2. The number of likely N-dealkylation sites (tertiary alicyclic amines) is 1. The number of ether oxygens (including phenoxy) is 1. The van der Waals surface area contributed by atoms with Gasteiger partial charge in [0.25, 0.3) is 0 Å². The van der Waals surface area contributed by atoms with Crippen molar-refractivity contribution in [2.75, 3.05) is 52.9 Å². The van der Waals surface area contributed by atoms with Gasteiger partial charge in [0.2, 0.25) is 0 Å². The largest absolute Gasteiger partial charge is 0.465 e. The van der Waals surface area contributed by atoms with Crippen LogP contribution in [0.4, 0.5) is 0 Å². The second kappa shape index (κ2) is 6.79. The van der Waals surface area contributed by atoms with E-state index in [0.717, 1.165) is 50.6 Å². The Morgan fingerprint density at radius 1 is 1.08 bits per heavy atom. The van der Waals surface area contributed by atoms with E-state index < -0.39 is 0 Å². The molecule has 3 aliphatic rings. The molecule has 24 heavy (non-hydrogen) atoms. The lowest BCUT2D eigenvalue weighted by molar-refractivity contribution is -0.0463. The summed E-state index contributed by atoms with van der Waals surface area (Å²) in [6.45, 7) is 10.9. The molecule has 1 aromatic rings. The molecule has 0 N–H and O–H groups in total. The highest BCUT2D eigenvalue weighted by atomic mass is 16.5. The molecule has 1 aromatic heterocycles. The smallest absolute Gasteiger partial charge is 0.118 e. The van der Waals surface area contributed by atoms with Crippen molar-refractivity contribution in [2.24, 2.45) is 0 Å². The van der Waals surface area contributed by atoms with Gasteiger partial charge in [-0.2, -0.15) is 0 Å². The predicted molar refractivity (Wildman–Crippen MR) is 94.1 cm³/mol. The summed E-state index contributed by atoms with van der Waals surface area (Å²) in [7, 11) is 2.22. The lowest BCUT2D eigenvalue weighted by Gasteiger charge is -2.39. The fraction of sp³-hybridized carbons (Fsp3) is 0.789. The van der Waals surface area contributed by atoms with Crippen LogP contribution in [0.5, 0.6) is 0 Å². The highest BCUT2D eigenvalue weighted by molar-refractivity contribution is 5.06. The van der Waals surface area contributed by atoms with Crippen molar-refractivity contribution in [3.8, 4) is 0 Å². The molecule has 3 aliphatic heterocycles. The molecule has 3 fully saturated rings. The van der Waals surface area contributed by atoms with Crippen LogP contribution < -0.4 is 0 Å². The van der Waals surface area contributed by atoms with E-state index in [2.05, 4.69) is 33.9 Å². The third kappa shape index (κ3) is 3.54. The van der Waals surface area contributed by atoms with Crippen LogP contribution in [0.2, 0.25) is 0 Å². The molecule has 4 heterocycles. The molecule has 5 heteroatoms. The topological polar surface area (TPSA) is 32.1 Å². The first kappa shape index (κ1) is 16.6. The van der Waals surface area contributed by atoms with Crippen LogP contribution in [0.1, 0.15) is 30.8 Å². The number of hydrogen-bond donors (Lipinski definition) is 0. The number of furan rings is 1. The second-order valence-corrected chi connectivity index (χ2v) is 7.98. The van der Waals surface area contributed by atoms with E-state index >= 15 is 0 Å². The van der Waals surface area contributed by atoms with Gasteiger partial charge in [0.15, 0.2) is 0 Å². The Kier molecular flexibility index (Phi) is 4.69. The number of nitrogens with zero attached hydrogens (tertiary/aromatic N) is 3. The molecule has 1 unspecified atom stereocenters. The quantitative estimate of drug-likeness (QED) is 0.844. The fourth-order valence-electron chi connectivity index (χ4n) is 4.50. The van der Waals surface area contributed by atoms with Crippen molar-refractivity contribution in [1.29, 1.82) is 0 Å². The molecule has 3 saturated heterocycles. The van der Waals surface area contributed by atoms with Gasteiger partial charge >= 0.3 is 0 Å². The molecule has 0 radical (unpaired) electrons. The molecule has 134 valence electrons. The van der Waals surface area contributed by atoms with Crippen LogP contribution in [0.3, 0.4) is 0 Å². The number of aryl methyl sites for hydroxylation is 1. The van der Waals surface area contributed by atoms with Gasteiger partial charge in [-0.25, -0.2) is 0 Å². The Hall–Kier alpha value is -0.880. The van der Waals surface area contributed by atoms with Gasteiger partial charge in [-0.05, 0) is 45.4 Å². The molecule has 4 rings (SSSR count). The minimum atomic E-state index is 0.142. The highest BCUT2D eigenvalue weighted by Gasteiger charge is 2.44. The van der Waals surface area contributed by atoms with Crippen molar-refractivity contribution in [3.63, 3.8) is 0 Å². The summed E-state index contributed by atoms with van der Waals surface area (Å²) in [5.74, 6) is 2.10. The summed E-state index contributed by atoms with van der Waals surface area (Å²) in [6, 6.07) is 4.80. The monoisotopic (exact) mass is 333 g/mol. The van der Waals surface area contributed by atoms with E-state index in [1.54, 1.807) is 0 Å². The number of rotatable bonds is 3. The molecule has 0 aliphatic carbocycles. The van der Waals surface area contributed by atoms with Crippen LogP contribution >= 0.6 is 0 Å². The van der Waals surface area contributed by atoms with Gasteiger partial charge < -0.3 is 14.1 Å². The summed E-state index contributed by atoms with van der Waals surface area (Å²) < 4.78 is 12.1. The Morgan fingerprint density at radius 2 is 1.83 bits per heavy atom. The van der Waals surface area contributed by atoms with Crippen molar-refractivity contribution >= 4 is 0 Å². The Bertz CT molecular complexity index is 543. The second-order valence-electron chi connectivity index (χ2n) is 7.98. The van der Waals surface area contributed by atoms with Gasteiger partial charge in [-0.15, -0.1) is 0 Å². The van der Waals surface area contributed by atoms with Crippen molar-refractivity contribution in [3.05, 3.63) is 23.7 Å². The maximum absolute atomic E-state index is 6.37. The van der Waals surface area contributed by atoms with Gasteiger partial charge in [-0.1, -0.05) is 0 Å². The Balaban J connectivity index is 1.27. The summed E-state index contributed by atoms with van der Waals surface area (Å²) in [4.78, 5) is 7.60. The number of piperazine rings is 1. The molecule has 0 bridgehead atoms. The van der Waals surface area contributed by atoms with Crippen molar-refractivity contribution < 1.29 is 9.15 Å². The van der Waals surface area contributed by atoms with Gasteiger partial charge in [0, 0.05) is 45.3 Å². The third-order valence-corrected chi connectivity index (χ3v) is 6.19. The van der Waals surface area contributed by atoms with E-state index in [-0.39, 0.29) is 5.60 Å². The lowest BCUT2D eigenvalue weighted by atomic mass is 9.87.